The van der Waals surface area contributed by atoms with Crippen LogP contribution in [0.4, 0.5) is 0 Å². The molecule has 3 unspecified atom stereocenters. The van der Waals surface area contributed by atoms with E-state index in [1.165, 1.54) is 4.88 Å². The average molecular weight is 420 g/mol. The third kappa shape index (κ3) is 5.63. The number of guanidine groups is 1. The van der Waals surface area contributed by atoms with Crippen LogP contribution in [-0.2, 0) is 20.8 Å². The van der Waals surface area contributed by atoms with Crippen molar-refractivity contribution in [2.24, 2.45) is 22.4 Å². The molecule has 5 N–H and O–H groups in total. The fourth-order valence-corrected chi connectivity index (χ4v) is 5.13. The van der Waals surface area contributed by atoms with Crippen LogP contribution in [0, 0.1) is 5.92 Å². The lowest BCUT2D eigenvalue weighted by Crippen LogP contribution is -2.52. The molecule has 0 aromatic carbocycles. The molecule has 2 saturated heterocycles. The number of aliphatic imine (C=N–C) groups is 1. The highest BCUT2D eigenvalue weighted by Crippen LogP contribution is 2.33. The lowest BCUT2D eigenvalue weighted by molar-refractivity contribution is -0.129. The highest BCUT2D eigenvalue weighted by atomic mass is 32.1. The molecule has 0 saturated carbocycles. The number of carbonyl (C=O) groups excluding carboxylic acids is 3. The van der Waals surface area contributed by atoms with Gasteiger partial charge < -0.3 is 21.6 Å². The van der Waals surface area contributed by atoms with Gasteiger partial charge in [0.1, 0.15) is 6.29 Å². The smallest absolute Gasteiger partial charge is 0.238 e. The molecule has 4 atom stereocenters. The number of thiophene rings is 1. The molecule has 2 fully saturated rings. The van der Waals surface area contributed by atoms with Gasteiger partial charge in [-0.15, -0.1) is 11.3 Å². The summed E-state index contributed by atoms with van der Waals surface area (Å²) in [6.45, 7) is 1.14. The average Bonchev–Trinajstić information content (AvgIpc) is 3.32. The Balaban J connectivity index is 1.56. The van der Waals surface area contributed by atoms with Crippen LogP contribution in [0.25, 0.3) is 0 Å². The summed E-state index contributed by atoms with van der Waals surface area (Å²) in [6.07, 6.45) is 4.77. The second-order valence-electron chi connectivity index (χ2n) is 7.83. The van der Waals surface area contributed by atoms with Gasteiger partial charge in [-0.3, -0.25) is 19.5 Å². The SMILES string of the molecule is NC(N)=NCCC[C@@H](C=O)NC(=O)C1CC(=O)C2CCC(Cc3cccs3)CN21. The van der Waals surface area contributed by atoms with E-state index in [1.54, 1.807) is 11.3 Å². The molecular formula is C20H29N5O3S. The van der Waals surface area contributed by atoms with Crippen LogP contribution in [0.5, 0.6) is 0 Å². The first-order valence-corrected chi connectivity index (χ1v) is 11.0. The topological polar surface area (TPSA) is 131 Å². The number of nitrogens with two attached hydrogens (primary N) is 2. The van der Waals surface area contributed by atoms with E-state index in [9.17, 15) is 14.4 Å². The number of fused-ring (bicyclic) bond motifs is 1. The zero-order chi connectivity index (χ0) is 20.8. The van der Waals surface area contributed by atoms with Crippen LogP contribution in [0.15, 0.2) is 22.5 Å². The van der Waals surface area contributed by atoms with Crippen molar-refractivity contribution in [1.82, 2.24) is 10.2 Å². The Hall–Kier alpha value is -2.26. The molecule has 0 radical (unpaired) electrons. The van der Waals surface area contributed by atoms with Crippen molar-refractivity contribution in [3.05, 3.63) is 22.4 Å². The number of piperidine rings is 1. The summed E-state index contributed by atoms with van der Waals surface area (Å²) in [4.78, 5) is 44.0. The van der Waals surface area contributed by atoms with Crippen LogP contribution >= 0.6 is 11.3 Å². The first-order chi connectivity index (χ1) is 14.0. The molecule has 1 aromatic rings. The number of Topliss-reactive ketones (excluding diaryl/α,β-unsaturated/α-hetero) is 1. The second-order valence-corrected chi connectivity index (χ2v) is 8.86. The predicted molar refractivity (Wildman–Crippen MR) is 113 cm³/mol. The minimum Gasteiger partial charge on any atom is -0.370 e. The molecule has 9 heteroatoms. The Kier molecular flexibility index (Phi) is 7.38. The number of hydrogen-bond acceptors (Lipinski definition) is 6. The van der Waals surface area contributed by atoms with E-state index in [4.69, 9.17) is 11.5 Å². The lowest BCUT2D eigenvalue weighted by Gasteiger charge is -2.37. The van der Waals surface area contributed by atoms with E-state index in [-0.39, 0.29) is 30.1 Å². The van der Waals surface area contributed by atoms with Crippen molar-refractivity contribution in [2.75, 3.05) is 13.1 Å². The van der Waals surface area contributed by atoms with Crippen molar-refractivity contribution < 1.29 is 14.4 Å². The third-order valence-electron chi connectivity index (χ3n) is 5.72. The summed E-state index contributed by atoms with van der Waals surface area (Å²) in [6, 6.07) is 2.93. The molecule has 0 spiro atoms. The predicted octanol–water partition coefficient (Wildman–Crippen LogP) is 0.450. The lowest BCUT2D eigenvalue weighted by atomic mass is 9.90. The molecule has 1 amide bonds. The standard InChI is InChI=1S/C20H29N5O3S/c21-20(22)23-7-1-3-14(12-26)24-19(28)17-10-18(27)16-6-5-13(11-25(16)17)9-15-4-2-8-29-15/h2,4,8,12-14,16-17H,1,3,5-7,9-11H2,(H,24,28)(H4,21,22,23)/t13?,14-,16?,17?/m0/s1. The molecule has 158 valence electrons. The van der Waals surface area contributed by atoms with E-state index in [0.29, 0.717) is 25.3 Å². The van der Waals surface area contributed by atoms with Gasteiger partial charge >= 0.3 is 0 Å². The van der Waals surface area contributed by atoms with Crippen LogP contribution in [0.3, 0.4) is 0 Å². The van der Waals surface area contributed by atoms with Crippen molar-refractivity contribution >= 4 is 35.3 Å². The van der Waals surface area contributed by atoms with Gasteiger partial charge in [-0.1, -0.05) is 6.07 Å². The number of aldehydes is 1. The second kappa shape index (κ2) is 9.98. The van der Waals surface area contributed by atoms with E-state index >= 15 is 0 Å². The minimum atomic E-state index is -0.599. The van der Waals surface area contributed by atoms with E-state index < -0.39 is 12.1 Å². The first-order valence-electron chi connectivity index (χ1n) is 10.1. The van der Waals surface area contributed by atoms with E-state index in [2.05, 4.69) is 26.7 Å². The summed E-state index contributed by atoms with van der Waals surface area (Å²) in [5.74, 6) is 0.341. The Morgan fingerprint density at radius 3 is 2.93 bits per heavy atom. The number of hydrogen-bond donors (Lipinski definition) is 3. The minimum absolute atomic E-state index is 0.00870. The van der Waals surface area contributed by atoms with Crippen molar-refractivity contribution in [2.45, 2.75) is 56.7 Å². The van der Waals surface area contributed by atoms with Gasteiger partial charge in [0, 0.05) is 24.4 Å². The summed E-state index contributed by atoms with van der Waals surface area (Å²) in [5, 5.41) is 4.87. The van der Waals surface area contributed by atoms with E-state index in [1.807, 2.05) is 6.07 Å². The quantitative estimate of drug-likeness (QED) is 0.231. The number of carbonyl (C=O) groups is 3. The molecule has 1 aromatic heterocycles. The Bertz CT molecular complexity index is 747. The molecule has 29 heavy (non-hydrogen) atoms. The highest BCUT2D eigenvalue weighted by Gasteiger charge is 2.46. The molecule has 0 bridgehead atoms. The fraction of sp³-hybridized carbons (Fsp3) is 0.600. The van der Waals surface area contributed by atoms with E-state index in [0.717, 1.165) is 32.1 Å². The summed E-state index contributed by atoms with van der Waals surface area (Å²) < 4.78 is 0. The maximum Gasteiger partial charge on any atom is 0.238 e. The largest absolute Gasteiger partial charge is 0.370 e. The highest BCUT2D eigenvalue weighted by molar-refractivity contribution is 7.09. The van der Waals surface area contributed by atoms with Gasteiger partial charge in [0.2, 0.25) is 5.91 Å². The Morgan fingerprint density at radius 1 is 1.41 bits per heavy atom. The maximum atomic E-state index is 12.9. The summed E-state index contributed by atoms with van der Waals surface area (Å²) in [5.41, 5.74) is 10.6. The number of nitrogens with one attached hydrogen (secondary N) is 1. The molecule has 3 heterocycles. The van der Waals surface area contributed by atoms with Gasteiger partial charge in [-0.25, -0.2) is 0 Å². The summed E-state index contributed by atoms with van der Waals surface area (Å²) in [7, 11) is 0. The van der Waals surface area contributed by atoms with Gasteiger partial charge in [0.05, 0.1) is 18.1 Å². The van der Waals surface area contributed by atoms with Crippen LogP contribution in [-0.4, -0.2) is 60.1 Å². The number of nitrogens with zero attached hydrogens (tertiary/aromatic N) is 2. The molecular weight excluding hydrogens is 390 g/mol. The monoisotopic (exact) mass is 419 g/mol. The molecule has 2 aliphatic rings. The first kappa shape index (κ1) is 21.4. The fourth-order valence-electron chi connectivity index (χ4n) is 4.31. The summed E-state index contributed by atoms with van der Waals surface area (Å²) >= 11 is 1.74. The molecule has 0 aliphatic carbocycles. The third-order valence-corrected chi connectivity index (χ3v) is 6.62. The molecule has 8 nitrogen and oxygen atoms in total. The van der Waals surface area contributed by atoms with Gasteiger partial charge in [-0.05, 0) is 49.5 Å². The van der Waals surface area contributed by atoms with Crippen molar-refractivity contribution in [3.8, 4) is 0 Å². The van der Waals surface area contributed by atoms with Gasteiger partial charge in [-0.2, -0.15) is 0 Å². The number of ketones is 1. The van der Waals surface area contributed by atoms with Gasteiger partial charge in [0.25, 0.3) is 0 Å². The normalized spacial score (nSPS) is 25.2. The van der Waals surface area contributed by atoms with Crippen molar-refractivity contribution in [1.29, 1.82) is 0 Å². The zero-order valence-electron chi connectivity index (χ0n) is 16.5. The number of amides is 1. The van der Waals surface area contributed by atoms with Crippen molar-refractivity contribution in [3.63, 3.8) is 0 Å². The van der Waals surface area contributed by atoms with Crippen LogP contribution in [0.2, 0.25) is 0 Å². The molecule has 3 rings (SSSR count). The Labute approximate surface area is 174 Å². The number of rotatable bonds is 9. The van der Waals surface area contributed by atoms with Crippen LogP contribution in [0.1, 0.15) is 37.0 Å². The van der Waals surface area contributed by atoms with Crippen LogP contribution < -0.4 is 16.8 Å². The Morgan fingerprint density at radius 2 is 2.24 bits per heavy atom. The zero-order valence-corrected chi connectivity index (χ0v) is 17.3. The van der Waals surface area contributed by atoms with Gasteiger partial charge in [0.15, 0.2) is 11.7 Å². The molecule has 2 aliphatic heterocycles. The maximum absolute atomic E-state index is 12.9.